The molecule has 0 saturated carbocycles. The number of hydrogen-bond acceptors (Lipinski definition) is 4. The normalized spacial score (nSPS) is 19.6. The van der Waals surface area contributed by atoms with Gasteiger partial charge in [0.25, 0.3) is 0 Å². The van der Waals surface area contributed by atoms with Crippen molar-refractivity contribution in [3.05, 3.63) is 69.4 Å². The van der Waals surface area contributed by atoms with Crippen LogP contribution in [0.15, 0.2) is 46.9 Å². The van der Waals surface area contributed by atoms with E-state index in [2.05, 4.69) is 68.0 Å². The van der Waals surface area contributed by atoms with Crippen molar-refractivity contribution in [1.82, 2.24) is 20.2 Å². The van der Waals surface area contributed by atoms with E-state index in [1.807, 2.05) is 0 Å². The lowest BCUT2D eigenvalue weighted by atomic mass is 9.93. The smallest absolute Gasteiger partial charge is 0.243 e. The summed E-state index contributed by atoms with van der Waals surface area (Å²) in [6.07, 6.45) is 0.777. The van der Waals surface area contributed by atoms with Gasteiger partial charge in [-0.3, -0.25) is 0 Å². The second kappa shape index (κ2) is 5.98. The number of fused-ring (bicyclic) bond motifs is 1. The molecule has 2 unspecified atom stereocenters. The predicted octanol–water partition coefficient (Wildman–Crippen LogP) is 4.03. The molecule has 0 bridgehead atoms. The van der Waals surface area contributed by atoms with Crippen LogP contribution in [0, 0.1) is 12.7 Å². The molecule has 2 aromatic carbocycles. The second-order valence-corrected chi connectivity index (χ2v) is 6.83. The molecular formula is C17H15BrFN5. The fourth-order valence-corrected chi connectivity index (χ4v) is 3.45. The van der Waals surface area contributed by atoms with Gasteiger partial charge in [-0.15, -0.1) is 0 Å². The minimum absolute atomic E-state index is 0.0561. The fraction of sp³-hybridized carbons (Fsp3) is 0.235. The van der Waals surface area contributed by atoms with Crippen LogP contribution in [0.4, 0.5) is 10.3 Å². The minimum Gasteiger partial charge on any atom is -0.346 e. The summed E-state index contributed by atoms with van der Waals surface area (Å²) in [5.41, 5.74) is 3.37. The number of hydrogen-bond donors (Lipinski definition) is 1. The SMILES string of the molecule is Cc1ccc(C2CC(c3ccc(F)c(Br)c3)n3nnnc3N2)cc1. The number of aryl methyl sites for hydroxylation is 1. The molecule has 1 aliphatic rings. The van der Waals surface area contributed by atoms with E-state index in [0.717, 1.165) is 12.0 Å². The first-order chi connectivity index (χ1) is 11.6. The second-order valence-electron chi connectivity index (χ2n) is 5.98. The molecule has 1 aromatic heterocycles. The third-order valence-corrected chi connectivity index (χ3v) is 4.97. The van der Waals surface area contributed by atoms with Gasteiger partial charge < -0.3 is 5.32 Å². The Hall–Kier alpha value is -2.28. The Balaban J connectivity index is 1.73. The largest absolute Gasteiger partial charge is 0.346 e. The predicted molar refractivity (Wildman–Crippen MR) is 92.2 cm³/mol. The van der Waals surface area contributed by atoms with Crippen molar-refractivity contribution >= 4 is 21.9 Å². The number of aromatic nitrogens is 4. The molecule has 0 aliphatic carbocycles. The zero-order valence-corrected chi connectivity index (χ0v) is 14.5. The summed E-state index contributed by atoms with van der Waals surface area (Å²) in [6.45, 7) is 2.07. The Morgan fingerprint density at radius 3 is 2.67 bits per heavy atom. The van der Waals surface area contributed by atoms with Crippen LogP contribution in [0.25, 0.3) is 0 Å². The first kappa shape index (κ1) is 15.3. The van der Waals surface area contributed by atoms with Crippen molar-refractivity contribution in [1.29, 1.82) is 0 Å². The summed E-state index contributed by atoms with van der Waals surface area (Å²) < 4.78 is 15.8. The molecule has 1 aliphatic heterocycles. The maximum absolute atomic E-state index is 13.6. The molecule has 2 heterocycles. The van der Waals surface area contributed by atoms with E-state index in [1.165, 1.54) is 17.2 Å². The van der Waals surface area contributed by atoms with Crippen molar-refractivity contribution in [3.63, 3.8) is 0 Å². The van der Waals surface area contributed by atoms with Gasteiger partial charge in [-0.05, 0) is 63.0 Å². The van der Waals surface area contributed by atoms with Crippen molar-refractivity contribution in [2.75, 3.05) is 5.32 Å². The Bertz CT molecular complexity index is 877. The third-order valence-electron chi connectivity index (χ3n) is 4.36. The highest BCUT2D eigenvalue weighted by molar-refractivity contribution is 9.10. The van der Waals surface area contributed by atoms with Crippen molar-refractivity contribution in [3.8, 4) is 0 Å². The molecule has 7 heteroatoms. The molecule has 122 valence electrons. The molecule has 1 N–H and O–H groups in total. The van der Waals surface area contributed by atoms with E-state index in [4.69, 9.17) is 0 Å². The molecule has 4 rings (SSSR count). The first-order valence-electron chi connectivity index (χ1n) is 7.68. The van der Waals surface area contributed by atoms with Crippen LogP contribution >= 0.6 is 15.9 Å². The topological polar surface area (TPSA) is 55.6 Å². The number of nitrogens with one attached hydrogen (secondary N) is 1. The van der Waals surface area contributed by atoms with Crippen LogP contribution < -0.4 is 5.32 Å². The van der Waals surface area contributed by atoms with Gasteiger partial charge in [0.05, 0.1) is 16.6 Å². The standard InChI is InChI=1S/C17H15BrFN5/c1-10-2-4-11(5-3-10)15-9-16(24-17(20-15)21-22-23-24)12-6-7-14(19)13(18)8-12/h2-8,15-16H,9H2,1H3,(H,20,21,23). The zero-order chi connectivity index (χ0) is 16.7. The van der Waals surface area contributed by atoms with E-state index in [-0.39, 0.29) is 17.9 Å². The molecule has 0 amide bonds. The molecule has 0 spiro atoms. The van der Waals surface area contributed by atoms with Gasteiger partial charge in [0.2, 0.25) is 5.95 Å². The van der Waals surface area contributed by atoms with Crippen LogP contribution in [0.5, 0.6) is 0 Å². The van der Waals surface area contributed by atoms with Crippen molar-refractivity contribution in [2.24, 2.45) is 0 Å². The quantitative estimate of drug-likeness (QED) is 0.720. The highest BCUT2D eigenvalue weighted by atomic mass is 79.9. The lowest BCUT2D eigenvalue weighted by Gasteiger charge is -2.31. The average molecular weight is 388 g/mol. The van der Waals surface area contributed by atoms with E-state index < -0.39 is 0 Å². The average Bonchev–Trinajstić information content (AvgIpc) is 3.06. The summed E-state index contributed by atoms with van der Waals surface area (Å²) in [7, 11) is 0. The zero-order valence-electron chi connectivity index (χ0n) is 12.9. The van der Waals surface area contributed by atoms with Gasteiger partial charge in [-0.1, -0.05) is 41.0 Å². The lowest BCUT2D eigenvalue weighted by molar-refractivity contribution is 0.423. The molecule has 24 heavy (non-hydrogen) atoms. The molecule has 3 aromatic rings. The molecular weight excluding hydrogens is 373 g/mol. The van der Waals surface area contributed by atoms with Crippen LogP contribution in [0.3, 0.4) is 0 Å². The summed E-state index contributed by atoms with van der Waals surface area (Å²) in [5.74, 6) is 0.344. The van der Waals surface area contributed by atoms with E-state index in [0.29, 0.717) is 10.4 Å². The van der Waals surface area contributed by atoms with Crippen LogP contribution in [0.2, 0.25) is 0 Å². The van der Waals surface area contributed by atoms with E-state index >= 15 is 0 Å². The summed E-state index contributed by atoms with van der Waals surface area (Å²) in [5, 5.41) is 15.3. The van der Waals surface area contributed by atoms with Crippen molar-refractivity contribution < 1.29 is 4.39 Å². The number of rotatable bonds is 2. The fourth-order valence-electron chi connectivity index (χ4n) is 3.05. The van der Waals surface area contributed by atoms with Gasteiger partial charge in [0.15, 0.2) is 0 Å². The van der Waals surface area contributed by atoms with Gasteiger partial charge in [0, 0.05) is 0 Å². The summed E-state index contributed by atoms with van der Waals surface area (Å²) in [4.78, 5) is 0. The maximum Gasteiger partial charge on any atom is 0.243 e. The number of nitrogens with zero attached hydrogens (tertiary/aromatic N) is 4. The van der Waals surface area contributed by atoms with Crippen LogP contribution in [-0.2, 0) is 0 Å². The Morgan fingerprint density at radius 1 is 1.17 bits per heavy atom. The molecule has 0 fully saturated rings. The number of halogens is 2. The number of benzene rings is 2. The molecule has 2 atom stereocenters. The highest BCUT2D eigenvalue weighted by Gasteiger charge is 2.30. The lowest BCUT2D eigenvalue weighted by Crippen LogP contribution is -2.28. The highest BCUT2D eigenvalue weighted by Crippen LogP contribution is 2.37. The Labute approximate surface area is 147 Å². The first-order valence-corrected chi connectivity index (χ1v) is 8.47. The Kier molecular flexibility index (Phi) is 3.80. The molecule has 5 nitrogen and oxygen atoms in total. The van der Waals surface area contributed by atoms with Crippen molar-refractivity contribution in [2.45, 2.75) is 25.4 Å². The van der Waals surface area contributed by atoms with Gasteiger partial charge in [-0.25, -0.2) is 9.07 Å². The number of anilines is 1. The third kappa shape index (κ3) is 2.69. The molecule has 0 radical (unpaired) electrons. The Morgan fingerprint density at radius 2 is 1.92 bits per heavy atom. The van der Waals surface area contributed by atoms with E-state index in [9.17, 15) is 4.39 Å². The van der Waals surface area contributed by atoms with Crippen LogP contribution in [0.1, 0.15) is 35.2 Å². The maximum atomic E-state index is 13.6. The summed E-state index contributed by atoms with van der Waals surface area (Å²) in [6, 6.07) is 13.5. The minimum atomic E-state index is -0.278. The van der Waals surface area contributed by atoms with E-state index in [1.54, 1.807) is 16.8 Å². The monoisotopic (exact) mass is 387 g/mol. The van der Waals surface area contributed by atoms with Crippen LogP contribution in [-0.4, -0.2) is 20.2 Å². The van der Waals surface area contributed by atoms with Gasteiger partial charge >= 0.3 is 0 Å². The molecule has 0 saturated heterocycles. The summed E-state index contributed by atoms with van der Waals surface area (Å²) >= 11 is 3.26. The number of tetrazole rings is 1. The van der Waals surface area contributed by atoms with Gasteiger partial charge in [-0.2, -0.15) is 0 Å². The van der Waals surface area contributed by atoms with Gasteiger partial charge in [0.1, 0.15) is 5.82 Å².